The fourth-order valence-corrected chi connectivity index (χ4v) is 2.55. The van der Waals surface area contributed by atoms with E-state index < -0.39 is 0 Å². The van der Waals surface area contributed by atoms with Crippen LogP contribution in [0, 0.1) is 20.8 Å². The first-order valence-electron chi connectivity index (χ1n) is 7.40. The summed E-state index contributed by atoms with van der Waals surface area (Å²) in [5.74, 6) is 0.170. The number of hydrogen-bond acceptors (Lipinski definition) is 4. The highest BCUT2D eigenvalue weighted by molar-refractivity contribution is 5.96. The lowest BCUT2D eigenvalue weighted by atomic mass is 10.0. The molecule has 3 aromatic carbocycles. The minimum Gasteiger partial charge on any atom is -0.506 e. The molecule has 0 amide bonds. The number of rotatable bonds is 2. The number of hydrogen-bond donors (Lipinski definition) is 2. The van der Waals surface area contributed by atoms with Crippen molar-refractivity contribution >= 4 is 22.1 Å². The number of azo groups is 1. The van der Waals surface area contributed by atoms with Crippen LogP contribution in [-0.2, 0) is 0 Å². The third kappa shape index (κ3) is 2.88. The first-order chi connectivity index (χ1) is 11.0. The third-order valence-electron chi connectivity index (χ3n) is 3.82. The van der Waals surface area contributed by atoms with Gasteiger partial charge in [-0.15, -0.1) is 10.2 Å². The van der Waals surface area contributed by atoms with Crippen molar-refractivity contribution < 1.29 is 10.2 Å². The van der Waals surface area contributed by atoms with Gasteiger partial charge in [-0.3, -0.25) is 0 Å². The number of nitrogens with zero attached hydrogens (tertiary/aromatic N) is 2. The second-order valence-corrected chi connectivity index (χ2v) is 5.81. The Labute approximate surface area is 134 Å². The smallest absolute Gasteiger partial charge is 0.146 e. The van der Waals surface area contributed by atoms with Crippen LogP contribution in [0.1, 0.15) is 16.7 Å². The van der Waals surface area contributed by atoms with E-state index in [1.807, 2.05) is 45.0 Å². The van der Waals surface area contributed by atoms with Gasteiger partial charge in [0, 0.05) is 5.39 Å². The maximum Gasteiger partial charge on any atom is 0.146 e. The van der Waals surface area contributed by atoms with Crippen LogP contribution in [0.25, 0.3) is 10.8 Å². The second-order valence-electron chi connectivity index (χ2n) is 5.81. The lowest BCUT2D eigenvalue weighted by Gasteiger charge is -2.08. The highest BCUT2D eigenvalue weighted by atomic mass is 16.3. The molecule has 0 spiro atoms. The zero-order chi connectivity index (χ0) is 16.6. The van der Waals surface area contributed by atoms with Crippen LogP contribution in [0.15, 0.2) is 52.7 Å². The van der Waals surface area contributed by atoms with Gasteiger partial charge in [-0.05, 0) is 55.5 Å². The van der Waals surface area contributed by atoms with Crippen LogP contribution in [0.2, 0.25) is 0 Å². The summed E-state index contributed by atoms with van der Waals surface area (Å²) in [4.78, 5) is 0. The normalized spacial score (nSPS) is 11.4. The highest BCUT2D eigenvalue weighted by Gasteiger charge is 2.11. The second kappa shape index (κ2) is 5.72. The number of benzene rings is 3. The summed E-state index contributed by atoms with van der Waals surface area (Å²) in [6.07, 6.45) is 0. The van der Waals surface area contributed by atoms with Gasteiger partial charge in [-0.25, -0.2) is 0 Å². The SMILES string of the molecule is Cc1ccc(O)c(N=Nc2c(O)c(C)cc3cc(C)ccc23)c1. The number of phenols is 2. The van der Waals surface area contributed by atoms with Crippen LogP contribution >= 0.6 is 0 Å². The molecule has 0 fully saturated rings. The predicted octanol–water partition coefficient (Wildman–Crippen LogP) is 5.59. The summed E-state index contributed by atoms with van der Waals surface area (Å²) in [5, 5.41) is 30.4. The standard InChI is InChI=1S/C19H18N2O2/c1-11-4-6-15-14(8-11)10-13(3)19(23)18(15)21-20-16-9-12(2)5-7-17(16)22/h4-10,22-23H,1-3H3. The topological polar surface area (TPSA) is 65.2 Å². The Kier molecular flexibility index (Phi) is 3.74. The van der Waals surface area contributed by atoms with Crippen molar-refractivity contribution in [3.8, 4) is 11.5 Å². The summed E-state index contributed by atoms with van der Waals surface area (Å²) in [5.41, 5.74) is 3.66. The largest absolute Gasteiger partial charge is 0.506 e. The van der Waals surface area contributed by atoms with Crippen molar-refractivity contribution in [2.75, 3.05) is 0 Å². The number of aromatic hydroxyl groups is 2. The number of phenolic OH excluding ortho intramolecular Hbond substituents is 2. The monoisotopic (exact) mass is 306 g/mol. The summed E-state index contributed by atoms with van der Waals surface area (Å²) >= 11 is 0. The molecule has 0 aliphatic carbocycles. The number of aryl methyl sites for hydroxylation is 3. The Balaban J connectivity index is 2.17. The van der Waals surface area contributed by atoms with Crippen molar-refractivity contribution in [3.63, 3.8) is 0 Å². The molecule has 3 aromatic rings. The fraction of sp³-hybridized carbons (Fsp3) is 0.158. The van der Waals surface area contributed by atoms with Gasteiger partial charge < -0.3 is 10.2 Å². The molecule has 0 aliphatic rings. The first kappa shape index (κ1) is 15.0. The molecule has 0 heterocycles. The van der Waals surface area contributed by atoms with Gasteiger partial charge in [0.05, 0.1) is 0 Å². The Hall–Kier alpha value is -2.88. The van der Waals surface area contributed by atoms with Gasteiger partial charge in [0.2, 0.25) is 0 Å². The minimum atomic E-state index is 0.0617. The van der Waals surface area contributed by atoms with Crippen molar-refractivity contribution in [3.05, 3.63) is 59.2 Å². The van der Waals surface area contributed by atoms with Gasteiger partial charge >= 0.3 is 0 Å². The van der Waals surface area contributed by atoms with E-state index in [0.29, 0.717) is 11.4 Å². The van der Waals surface area contributed by atoms with Gasteiger partial charge in [0.25, 0.3) is 0 Å². The first-order valence-corrected chi connectivity index (χ1v) is 7.40. The van der Waals surface area contributed by atoms with E-state index in [4.69, 9.17) is 0 Å². The molecule has 3 rings (SSSR count). The molecule has 0 bridgehead atoms. The maximum atomic E-state index is 10.4. The van der Waals surface area contributed by atoms with E-state index in [1.54, 1.807) is 18.2 Å². The molecule has 0 saturated carbocycles. The van der Waals surface area contributed by atoms with E-state index in [0.717, 1.165) is 27.5 Å². The minimum absolute atomic E-state index is 0.0617. The molecular weight excluding hydrogens is 288 g/mol. The van der Waals surface area contributed by atoms with Crippen LogP contribution < -0.4 is 0 Å². The van der Waals surface area contributed by atoms with Crippen molar-refractivity contribution in [2.24, 2.45) is 10.2 Å². The third-order valence-corrected chi connectivity index (χ3v) is 3.82. The molecular formula is C19H18N2O2. The van der Waals surface area contributed by atoms with Gasteiger partial charge in [-0.1, -0.05) is 29.8 Å². The molecule has 0 aromatic heterocycles. The van der Waals surface area contributed by atoms with E-state index in [2.05, 4.69) is 10.2 Å². The molecule has 4 nitrogen and oxygen atoms in total. The molecule has 2 N–H and O–H groups in total. The lowest BCUT2D eigenvalue weighted by Crippen LogP contribution is -1.82. The Bertz CT molecular complexity index is 930. The predicted molar refractivity (Wildman–Crippen MR) is 92.1 cm³/mol. The summed E-state index contributed by atoms with van der Waals surface area (Å²) in [6, 6.07) is 13.0. The Morgan fingerprint density at radius 2 is 1.48 bits per heavy atom. The van der Waals surface area contributed by atoms with Crippen molar-refractivity contribution in [1.82, 2.24) is 0 Å². The van der Waals surface area contributed by atoms with E-state index in [-0.39, 0.29) is 11.5 Å². The maximum absolute atomic E-state index is 10.4. The van der Waals surface area contributed by atoms with Crippen LogP contribution in [0.4, 0.5) is 11.4 Å². The summed E-state index contributed by atoms with van der Waals surface area (Å²) in [7, 11) is 0. The van der Waals surface area contributed by atoms with Gasteiger partial charge in [0.15, 0.2) is 0 Å². The lowest BCUT2D eigenvalue weighted by molar-refractivity contribution is 0.472. The van der Waals surface area contributed by atoms with E-state index in [9.17, 15) is 10.2 Å². The Morgan fingerprint density at radius 1 is 0.783 bits per heavy atom. The van der Waals surface area contributed by atoms with Crippen molar-refractivity contribution in [1.29, 1.82) is 0 Å². The Morgan fingerprint density at radius 3 is 2.26 bits per heavy atom. The average molecular weight is 306 g/mol. The molecule has 0 radical (unpaired) electrons. The van der Waals surface area contributed by atoms with Gasteiger partial charge in [0.1, 0.15) is 22.9 Å². The van der Waals surface area contributed by atoms with Crippen LogP contribution in [0.5, 0.6) is 11.5 Å². The molecule has 0 atom stereocenters. The molecule has 4 heteroatoms. The molecule has 0 unspecified atom stereocenters. The zero-order valence-corrected chi connectivity index (χ0v) is 13.3. The molecule has 0 saturated heterocycles. The van der Waals surface area contributed by atoms with Gasteiger partial charge in [-0.2, -0.15) is 0 Å². The van der Waals surface area contributed by atoms with E-state index >= 15 is 0 Å². The number of fused-ring (bicyclic) bond motifs is 1. The fourth-order valence-electron chi connectivity index (χ4n) is 2.55. The quantitative estimate of drug-likeness (QED) is 0.606. The molecule has 0 aliphatic heterocycles. The van der Waals surface area contributed by atoms with Crippen molar-refractivity contribution in [2.45, 2.75) is 20.8 Å². The van der Waals surface area contributed by atoms with Crippen LogP contribution in [0.3, 0.4) is 0 Å². The molecule has 23 heavy (non-hydrogen) atoms. The molecule has 116 valence electrons. The highest BCUT2D eigenvalue weighted by Crippen LogP contribution is 2.40. The van der Waals surface area contributed by atoms with Crippen LogP contribution in [-0.4, -0.2) is 10.2 Å². The summed E-state index contributed by atoms with van der Waals surface area (Å²) < 4.78 is 0. The van der Waals surface area contributed by atoms with E-state index in [1.165, 1.54) is 0 Å². The average Bonchev–Trinajstić information content (AvgIpc) is 2.51. The zero-order valence-electron chi connectivity index (χ0n) is 13.3. The summed E-state index contributed by atoms with van der Waals surface area (Å²) in [6.45, 7) is 5.77.